The van der Waals surface area contributed by atoms with Gasteiger partial charge in [-0.3, -0.25) is 14.9 Å². The van der Waals surface area contributed by atoms with E-state index in [1.165, 1.54) is 55.6 Å². The van der Waals surface area contributed by atoms with Gasteiger partial charge in [0.05, 0.1) is 35.5 Å². The summed E-state index contributed by atoms with van der Waals surface area (Å²) in [6.45, 7) is 1.69. The van der Waals surface area contributed by atoms with Gasteiger partial charge >= 0.3 is 6.18 Å². The van der Waals surface area contributed by atoms with Crippen molar-refractivity contribution in [3.63, 3.8) is 0 Å². The average molecular weight is 448 g/mol. The average Bonchev–Trinajstić information content (AvgIpc) is 3.21. The fourth-order valence-corrected chi connectivity index (χ4v) is 3.08. The molecule has 0 saturated heterocycles. The Kier molecular flexibility index (Phi) is 6.19. The second-order valence-electron chi connectivity index (χ2n) is 6.98. The molecule has 0 N–H and O–H groups in total. The summed E-state index contributed by atoms with van der Waals surface area (Å²) in [5.74, 6) is -0.489. The normalized spacial score (nSPS) is 12.3. The summed E-state index contributed by atoms with van der Waals surface area (Å²) < 4.78 is 45.5. The molecule has 0 aliphatic rings. The maximum absolute atomic E-state index is 13.1. The monoisotopic (exact) mass is 448 g/mol. The summed E-state index contributed by atoms with van der Waals surface area (Å²) in [4.78, 5) is 24.9. The van der Waals surface area contributed by atoms with Crippen LogP contribution in [0.4, 0.5) is 18.9 Å². The van der Waals surface area contributed by atoms with Crippen LogP contribution in [0.25, 0.3) is 5.69 Å². The number of halogens is 3. The zero-order valence-electron chi connectivity index (χ0n) is 17.3. The number of amides is 1. The highest BCUT2D eigenvalue weighted by Crippen LogP contribution is 2.31. The molecule has 0 aliphatic carbocycles. The summed E-state index contributed by atoms with van der Waals surface area (Å²) in [5.41, 5.74) is -0.432. The molecule has 11 heteroatoms. The molecule has 1 atom stereocenters. The minimum atomic E-state index is -4.53. The van der Waals surface area contributed by atoms with Crippen molar-refractivity contribution in [1.29, 1.82) is 0 Å². The van der Waals surface area contributed by atoms with E-state index in [0.29, 0.717) is 5.56 Å². The Morgan fingerprint density at radius 1 is 1.22 bits per heavy atom. The Bertz CT molecular complexity index is 1160. The third-order valence-electron chi connectivity index (χ3n) is 5.01. The lowest BCUT2D eigenvalue weighted by Crippen LogP contribution is -2.30. The van der Waals surface area contributed by atoms with E-state index in [0.717, 1.165) is 16.8 Å². The molecule has 1 amide bonds. The summed E-state index contributed by atoms with van der Waals surface area (Å²) in [6, 6.07) is 9.85. The second-order valence-corrected chi connectivity index (χ2v) is 6.98. The molecule has 0 fully saturated rings. The molecule has 0 radical (unpaired) electrons. The van der Waals surface area contributed by atoms with Crippen molar-refractivity contribution in [2.75, 3.05) is 14.2 Å². The van der Waals surface area contributed by atoms with Gasteiger partial charge in [-0.1, -0.05) is 18.2 Å². The van der Waals surface area contributed by atoms with E-state index >= 15 is 0 Å². The molecule has 3 rings (SSSR count). The second kappa shape index (κ2) is 8.69. The zero-order chi connectivity index (χ0) is 23.6. The summed E-state index contributed by atoms with van der Waals surface area (Å²) in [5, 5.41) is 15.2. The molecule has 0 aliphatic heterocycles. The van der Waals surface area contributed by atoms with E-state index in [9.17, 15) is 28.1 Å². The van der Waals surface area contributed by atoms with Gasteiger partial charge in [0.25, 0.3) is 11.6 Å². The summed E-state index contributed by atoms with van der Waals surface area (Å²) >= 11 is 0. The molecular formula is C21H19F3N4O4. The summed E-state index contributed by atoms with van der Waals surface area (Å²) in [6.07, 6.45) is -3.21. The van der Waals surface area contributed by atoms with Crippen molar-refractivity contribution in [3.8, 4) is 11.4 Å². The molecule has 8 nitrogen and oxygen atoms in total. The van der Waals surface area contributed by atoms with Crippen molar-refractivity contribution in [1.82, 2.24) is 14.7 Å². The van der Waals surface area contributed by atoms with Crippen molar-refractivity contribution in [2.24, 2.45) is 0 Å². The van der Waals surface area contributed by atoms with Gasteiger partial charge in [0.2, 0.25) is 0 Å². The van der Waals surface area contributed by atoms with Gasteiger partial charge in [0.1, 0.15) is 0 Å². The molecule has 1 heterocycles. The lowest BCUT2D eigenvalue weighted by Gasteiger charge is -2.24. The van der Waals surface area contributed by atoms with Crippen LogP contribution in [-0.4, -0.2) is 39.7 Å². The van der Waals surface area contributed by atoms with Crippen molar-refractivity contribution >= 4 is 11.6 Å². The van der Waals surface area contributed by atoms with Crippen LogP contribution in [0.15, 0.2) is 54.7 Å². The maximum Gasteiger partial charge on any atom is 0.416 e. The number of nitro benzene ring substituents is 1. The van der Waals surface area contributed by atoms with Crippen LogP contribution in [-0.2, 0) is 6.18 Å². The van der Waals surface area contributed by atoms with E-state index < -0.39 is 28.6 Å². The fraction of sp³-hybridized carbons (Fsp3) is 0.238. The molecule has 0 bridgehead atoms. The van der Waals surface area contributed by atoms with Gasteiger partial charge in [-0.15, -0.1) is 0 Å². The predicted molar refractivity (Wildman–Crippen MR) is 109 cm³/mol. The number of carbonyl (C=O) groups excluding carboxylic acids is 1. The Balaban J connectivity index is 1.93. The number of hydrogen-bond donors (Lipinski definition) is 0. The third kappa shape index (κ3) is 4.56. The van der Waals surface area contributed by atoms with Crippen molar-refractivity contribution < 1.29 is 27.6 Å². The van der Waals surface area contributed by atoms with Crippen LogP contribution >= 0.6 is 0 Å². The molecule has 0 unspecified atom stereocenters. The van der Waals surface area contributed by atoms with Crippen LogP contribution in [0.5, 0.6) is 5.75 Å². The van der Waals surface area contributed by atoms with Gasteiger partial charge in [-0.2, -0.15) is 18.3 Å². The van der Waals surface area contributed by atoms with Gasteiger partial charge in [-0.25, -0.2) is 4.68 Å². The minimum absolute atomic E-state index is 0.0745. The first-order chi connectivity index (χ1) is 15.0. The van der Waals surface area contributed by atoms with Crippen LogP contribution in [0.1, 0.15) is 34.6 Å². The first-order valence-corrected chi connectivity index (χ1v) is 9.35. The SMILES string of the molecule is COc1cn(-c2cccc(C(F)(F)F)c2)nc1C(=O)N(C)[C@@H](C)c1cccc([N+](=O)[O-])c1. The molecule has 0 spiro atoms. The molecule has 32 heavy (non-hydrogen) atoms. The highest BCUT2D eigenvalue weighted by molar-refractivity contribution is 5.95. The number of methoxy groups -OCH3 is 1. The van der Waals surface area contributed by atoms with Crippen molar-refractivity contribution in [2.45, 2.75) is 19.1 Å². The Hall–Kier alpha value is -3.89. The molecule has 0 saturated carbocycles. The highest BCUT2D eigenvalue weighted by Gasteiger charge is 2.31. The number of benzene rings is 2. The van der Waals surface area contributed by atoms with E-state index in [2.05, 4.69) is 5.10 Å². The molecule has 1 aromatic heterocycles. The number of hydrogen-bond acceptors (Lipinski definition) is 5. The largest absolute Gasteiger partial charge is 0.493 e. The number of nitrogens with zero attached hydrogens (tertiary/aromatic N) is 4. The highest BCUT2D eigenvalue weighted by atomic mass is 19.4. The lowest BCUT2D eigenvalue weighted by molar-refractivity contribution is -0.384. The van der Waals surface area contributed by atoms with Crippen LogP contribution in [0.2, 0.25) is 0 Å². The van der Waals surface area contributed by atoms with E-state index in [1.54, 1.807) is 13.0 Å². The zero-order valence-corrected chi connectivity index (χ0v) is 17.3. The molecule has 168 valence electrons. The standard InChI is InChI=1S/C21H19F3N4O4/c1-13(14-6-4-9-17(10-14)28(30)31)26(2)20(29)19-18(32-3)12-27(25-19)16-8-5-7-15(11-16)21(22,23)24/h4-13H,1-3H3/t13-/m0/s1. The number of aromatic nitrogens is 2. The van der Waals surface area contributed by atoms with E-state index in [4.69, 9.17) is 4.74 Å². The molecule has 3 aromatic rings. The van der Waals surface area contributed by atoms with Crippen molar-refractivity contribution in [3.05, 3.63) is 81.7 Å². The van der Waals surface area contributed by atoms with Gasteiger partial charge in [-0.05, 0) is 30.7 Å². The van der Waals surface area contributed by atoms with E-state index in [1.807, 2.05) is 0 Å². The minimum Gasteiger partial charge on any atom is -0.493 e. The van der Waals surface area contributed by atoms with Gasteiger partial charge in [0.15, 0.2) is 11.4 Å². The number of alkyl halides is 3. The quantitative estimate of drug-likeness (QED) is 0.405. The van der Waals surface area contributed by atoms with Gasteiger partial charge < -0.3 is 9.64 Å². The first kappa shape index (κ1) is 22.8. The van der Waals surface area contributed by atoms with Crippen LogP contribution in [0.3, 0.4) is 0 Å². The Morgan fingerprint density at radius 2 is 1.91 bits per heavy atom. The topological polar surface area (TPSA) is 90.5 Å². The molecule has 2 aromatic carbocycles. The number of carbonyl (C=O) groups is 1. The smallest absolute Gasteiger partial charge is 0.416 e. The Labute approximate surface area is 181 Å². The predicted octanol–water partition coefficient (Wildman–Crippen LogP) is 4.64. The number of ether oxygens (including phenoxy) is 1. The van der Waals surface area contributed by atoms with Crippen LogP contribution < -0.4 is 4.74 Å². The van der Waals surface area contributed by atoms with E-state index in [-0.39, 0.29) is 22.8 Å². The number of nitro groups is 1. The summed E-state index contributed by atoms with van der Waals surface area (Å²) in [7, 11) is 2.81. The van der Waals surface area contributed by atoms with Crippen LogP contribution in [0, 0.1) is 10.1 Å². The molecular weight excluding hydrogens is 429 g/mol. The fourth-order valence-electron chi connectivity index (χ4n) is 3.08. The maximum atomic E-state index is 13.1. The van der Waals surface area contributed by atoms with Gasteiger partial charge in [0, 0.05) is 19.2 Å². The number of non-ortho nitro benzene ring substituents is 1. The Morgan fingerprint density at radius 3 is 2.53 bits per heavy atom. The number of rotatable bonds is 6. The third-order valence-corrected chi connectivity index (χ3v) is 5.01. The lowest BCUT2D eigenvalue weighted by atomic mass is 10.1. The first-order valence-electron chi connectivity index (χ1n) is 9.35.